The second-order valence-electron chi connectivity index (χ2n) is 6.67. The van der Waals surface area contributed by atoms with Crippen molar-refractivity contribution in [3.8, 4) is 0 Å². The summed E-state index contributed by atoms with van der Waals surface area (Å²) in [6.07, 6.45) is 15.8. The van der Waals surface area contributed by atoms with Gasteiger partial charge in [0.05, 0.1) is 5.69 Å². The maximum Gasteiger partial charge on any atom is 0.0743 e. The third-order valence-corrected chi connectivity index (χ3v) is 4.65. The first-order valence-electron chi connectivity index (χ1n) is 10.5. The van der Waals surface area contributed by atoms with E-state index in [0.29, 0.717) is 5.92 Å². The van der Waals surface area contributed by atoms with Gasteiger partial charge in [-0.1, -0.05) is 94.7 Å². The number of unbranched alkanes of at least 4 members (excludes halogenated alkanes) is 1. The summed E-state index contributed by atoms with van der Waals surface area (Å²) in [6.45, 7) is 12.6. The van der Waals surface area contributed by atoms with Crippen LogP contribution in [-0.2, 0) is 0 Å². The van der Waals surface area contributed by atoms with Crippen molar-refractivity contribution in [1.82, 2.24) is 4.98 Å². The Morgan fingerprint density at radius 1 is 1.07 bits per heavy atom. The maximum atomic E-state index is 4.70. The number of rotatable bonds is 4. The Bertz CT molecular complexity index is 755. The summed E-state index contributed by atoms with van der Waals surface area (Å²) in [5.74, 6) is 0.531. The summed E-state index contributed by atoms with van der Waals surface area (Å²) < 4.78 is 0. The van der Waals surface area contributed by atoms with Crippen LogP contribution < -0.4 is 0 Å². The van der Waals surface area contributed by atoms with Crippen LogP contribution in [0.25, 0.3) is 16.3 Å². The van der Waals surface area contributed by atoms with Gasteiger partial charge in [-0.05, 0) is 49.6 Å². The summed E-state index contributed by atoms with van der Waals surface area (Å²) in [6, 6.07) is 10.6. The topological polar surface area (TPSA) is 12.9 Å². The summed E-state index contributed by atoms with van der Waals surface area (Å²) >= 11 is 0. The van der Waals surface area contributed by atoms with Crippen molar-refractivity contribution in [2.75, 3.05) is 0 Å². The van der Waals surface area contributed by atoms with Crippen LogP contribution in [0.4, 0.5) is 0 Å². The molecule has 0 amide bonds. The monoisotopic (exact) mass is 363 g/mol. The minimum atomic E-state index is 0.531. The summed E-state index contributed by atoms with van der Waals surface area (Å²) in [7, 11) is 0. The second kappa shape index (κ2) is 13.1. The summed E-state index contributed by atoms with van der Waals surface area (Å²) in [4.78, 5) is 4.70. The zero-order chi connectivity index (χ0) is 20.1. The first-order chi connectivity index (χ1) is 13.2. The molecule has 146 valence electrons. The average Bonchev–Trinajstić information content (AvgIpc) is 2.74. The Morgan fingerprint density at radius 2 is 1.78 bits per heavy atom. The molecule has 1 nitrogen and oxygen atoms in total. The molecule has 1 aliphatic rings. The molecule has 1 unspecified atom stereocenters. The van der Waals surface area contributed by atoms with Crippen LogP contribution in [0, 0.1) is 5.92 Å². The number of hydrogen-bond donors (Lipinski definition) is 0. The van der Waals surface area contributed by atoms with Gasteiger partial charge in [0.2, 0.25) is 0 Å². The fraction of sp³-hybridized carbons (Fsp3) is 0.423. The molecule has 0 aliphatic heterocycles. The highest BCUT2D eigenvalue weighted by molar-refractivity contribution is 5.93. The predicted molar refractivity (Wildman–Crippen MR) is 123 cm³/mol. The molecule has 27 heavy (non-hydrogen) atoms. The lowest BCUT2D eigenvalue weighted by atomic mass is 9.83. The lowest BCUT2D eigenvalue weighted by molar-refractivity contribution is 0.682. The van der Waals surface area contributed by atoms with E-state index >= 15 is 0 Å². The summed E-state index contributed by atoms with van der Waals surface area (Å²) in [5.41, 5.74) is 3.87. The van der Waals surface area contributed by atoms with Crippen molar-refractivity contribution in [2.45, 2.75) is 67.2 Å². The predicted octanol–water partition coefficient (Wildman–Crippen LogP) is 8.38. The van der Waals surface area contributed by atoms with Gasteiger partial charge in [0, 0.05) is 11.6 Å². The average molecular weight is 364 g/mol. The molecular weight excluding hydrogens is 326 g/mol. The van der Waals surface area contributed by atoms with E-state index in [1.54, 1.807) is 0 Å². The number of hydrogen-bond acceptors (Lipinski definition) is 1. The van der Waals surface area contributed by atoms with Crippen LogP contribution in [0.2, 0.25) is 0 Å². The Morgan fingerprint density at radius 3 is 2.44 bits per heavy atom. The van der Waals surface area contributed by atoms with Gasteiger partial charge in [-0.15, -0.1) is 0 Å². The van der Waals surface area contributed by atoms with Gasteiger partial charge < -0.3 is 0 Å². The van der Waals surface area contributed by atoms with Gasteiger partial charge in [0.15, 0.2) is 0 Å². The van der Waals surface area contributed by atoms with Gasteiger partial charge >= 0.3 is 0 Å². The first-order valence-corrected chi connectivity index (χ1v) is 10.5. The fourth-order valence-corrected chi connectivity index (χ4v) is 3.01. The van der Waals surface area contributed by atoms with Gasteiger partial charge in [0.25, 0.3) is 0 Å². The molecule has 1 aliphatic carbocycles. The van der Waals surface area contributed by atoms with E-state index in [-0.39, 0.29) is 0 Å². The molecule has 1 aromatic carbocycles. The minimum Gasteiger partial charge on any atom is -0.256 e. The molecule has 1 heteroatoms. The zero-order valence-corrected chi connectivity index (χ0v) is 18.1. The van der Waals surface area contributed by atoms with E-state index in [1.807, 2.05) is 20.0 Å². The van der Waals surface area contributed by atoms with Crippen molar-refractivity contribution in [2.24, 2.45) is 5.92 Å². The van der Waals surface area contributed by atoms with E-state index < -0.39 is 0 Å². The van der Waals surface area contributed by atoms with Crippen molar-refractivity contribution < 1.29 is 0 Å². The lowest BCUT2D eigenvalue weighted by Gasteiger charge is -2.22. The van der Waals surface area contributed by atoms with Gasteiger partial charge in [0.1, 0.15) is 0 Å². The van der Waals surface area contributed by atoms with Gasteiger partial charge in [-0.3, -0.25) is 4.98 Å². The maximum absolute atomic E-state index is 4.70. The van der Waals surface area contributed by atoms with Gasteiger partial charge in [-0.25, -0.2) is 0 Å². The van der Waals surface area contributed by atoms with Gasteiger partial charge in [-0.2, -0.15) is 0 Å². The van der Waals surface area contributed by atoms with Crippen molar-refractivity contribution in [3.63, 3.8) is 0 Å². The molecule has 1 atom stereocenters. The molecule has 1 aromatic heterocycles. The number of nitrogens with zero attached hydrogens (tertiary/aromatic N) is 1. The zero-order valence-electron chi connectivity index (χ0n) is 18.1. The highest BCUT2D eigenvalue weighted by Crippen LogP contribution is 2.36. The standard InChI is InChI=1S/C20H21N.C4H10.C2H6/c1-3-4-7-16-11-10-15(2)14-19(16)20-18-9-6-5-8-17(18)12-13-21-20;1-3-4-2;1-2/h3-6,8-10,12-14,16H,7,11H2,1-2H3;3-4H2,1-2H3;1-2H3. The van der Waals surface area contributed by atoms with Crippen molar-refractivity contribution in [1.29, 1.82) is 0 Å². The third kappa shape index (κ3) is 6.82. The highest BCUT2D eigenvalue weighted by Gasteiger charge is 2.20. The van der Waals surface area contributed by atoms with Crippen LogP contribution in [0.15, 0.2) is 66.4 Å². The van der Waals surface area contributed by atoms with E-state index in [1.165, 1.54) is 34.8 Å². The Hall–Kier alpha value is -2.15. The number of allylic oxidation sites excluding steroid dienone is 6. The van der Waals surface area contributed by atoms with E-state index in [9.17, 15) is 0 Å². The van der Waals surface area contributed by atoms with Crippen LogP contribution in [-0.4, -0.2) is 4.98 Å². The third-order valence-electron chi connectivity index (χ3n) is 4.65. The van der Waals surface area contributed by atoms with Crippen LogP contribution in [0.1, 0.15) is 72.9 Å². The second-order valence-corrected chi connectivity index (χ2v) is 6.67. The van der Waals surface area contributed by atoms with E-state index in [2.05, 4.69) is 82.3 Å². The normalized spacial score (nSPS) is 16.0. The highest BCUT2D eigenvalue weighted by atomic mass is 14.7. The summed E-state index contributed by atoms with van der Waals surface area (Å²) in [5, 5.41) is 2.52. The molecule has 0 N–H and O–H groups in total. The fourth-order valence-electron chi connectivity index (χ4n) is 3.01. The number of benzene rings is 1. The molecule has 0 bridgehead atoms. The molecule has 3 rings (SSSR count). The SMILES string of the molecule is CC.CC=CCC1CC=C(C)C=C1c1nccc2ccccc12.CCCC. The Balaban J connectivity index is 0.000000541. The molecule has 0 saturated heterocycles. The number of pyridine rings is 1. The lowest BCUT2D eigenvalue weighted by Crippen LogP contribution is -2.08. The minimum absolute atomic E-state index is 0.531. The number of aromatic nitrogens is 1. The molecule has 0 radical (unpaired) electrons. The largest absolute Gasteiger partial charge is 0.256 e. The molecule has 0 fully saturated rings. The van der Waals surface area contributed by atoms with Crippen LogP contribution >= 0.6 is 0 Å². The molecule has 2 aromatic rings. The molecule has 0 spiro atoms. The molecule has 0 saturated carbocycles. The van der Waals surface area contributed by atoms with E-state index in [4.69, 9.17) is 4.98 Å². The van der Waals surface area contributed by atoms with Crippen molar-refractivity contribution in [3.05, 3.63) is 72.1 Å². The Kier molecular flexibility index (Phi) is 11.1. The molecule has 1 heterocycles. The smallest absolute Gasteiger partial charge is 0.0743 e. The van der Waals surface area contributed by atoms with Crippen LogP contribution in [0.3, 0.4) is 0 Å². The van der Waals surface area contributed by atoms with Crippen molar-refractivity contribution >= 4 is 16.3 Å². The molecular formula is C26H37N. The first kappa shape index (κ1) is 22.9. The Labute approximate surface area is 166 Å². The van der Waals surface area contributed by atoms with E-state index in [0.717, 1.165) is 18.5 Å². The number of fused-ring (bicyclic) bond motifs is 1. The van der Waals surface area contributed by atoms with Crippen LogP contribution in [0.5, 0.6) is 0 Å². The quantitative estimate of drug-likeness (QED) is 0.497.